The summed E-state index contributed by atoms with van der Waals surface area (Å²) in [6, 6.07) is 0. The third kappa shape index (κ3) is 1.56. The van der Waals surface area contributed by atoms with Gasteiger partial charge < -0.3 is 0 Å². The SMILES string of the molecule is CCSc1nnc2n3ncnc3c3c4c(sc3n12)CCCC4. The van der Waals surface area contributed by atoms with Crippen molar-refractivity contribution in [2.45, 2.75) is 37.8 Å². The van der Waals surface area contributed by atoms with Crippen molar-refractivity contribution in [3.63, 3.8) is 0 Å². The van der Waals surface area contributed by atoms with Gasteiger partial charge in [0.05, 0.1) is 5.39 Å². The van der Waals surface area contributed by atoms with Crippen molar-refractivity contribution in [1.82, 2.24) is 29.2 Å². The van der Waals surface area contributed by atoms with E-state index in [0.29, 0.717) is 0 Å². The highest BCUT2D eigenvalue weighted by molar-refractivity contribution is 7.99. The van der Waals surface area contributed by atoms with Gasteiger partial charge in [-0.05, 0) is 37.0 Å². The Labute approximate surface area is 134 Å². The lowest BCUT2D eigenvalue weighted by molar-refractivity contribution is 0.700. The molecule has 8 heteroatoms. The van der Waals surface area contributed by atoms with Gasteiger partial charge in [0, 0.05) is 4.88 Å². The third-order valence-electron chi connectivity index (χ3n) is 4.21. The lowest BCUT2D eigenvalue weighted by atomic mass is 9.97. The number of nitrogens with zero attached hydrogens (tertiary/aromatic N) is 6. The van der Waals surface area contributed by atoms with E-state index in [4.69, 9.17) is 0 Å². The van der Waals surface area contributed by atoms with Crippen LogP contribution in [0.2, 0.25) is 0 Å². The van der Waals surface area contributed by atoms with Crippen molar-refractivity contribution in [3.05, 3.63) is 16.8 Å². The number of rotatable bonds is 2. The Morgan fingerprint density at radius 1 is 1.27 bits per heavy atom. The molecule has 4 heterocycles. The number of thioether (sulfide) groups is 1. The van der Waals surface area contributed by atoms with E-state index in [1.807, 2.05) is 15.9 Å². The molecule has 0 fully saturated rings. The van der Waals surface area contributed by atoms with E-state index in [9.17, 15) is 0 Å². The fourth-order valence-electron chi connectivity index (χ4n) is 3.30. The van der Waals surface area contributed by atoms with Gasteiger partial charge in [-0.25, -0.2) is 9.38 Å². The maximum Gasteiger partial charge on any atom is 0.260 e. The average Bonchev–Trinajstić information content (AvgIpc) is 3.22. The van der Waals surface area contributed by atoms with Crippen LogP contribution in [0.1, 0.15) is 30.2 Å². The van der Waals surface area contributed by atoms with E-state index in [1.165, 1.54) is 39.9 Å². The van der Waals surface area contributed by atoms with E-state index >= 15 is 0 Å². The summed E-state index contributed by atoms with van der Waals surface area (Å²) in [6.07, 6.45) is 6.47. The smallest absolute Gasteiger partial charge is 0.244 e. The molecule has 0 spiro atoms. The number of fused-ring (bicyclic) bond motifs is 8. The van der Waals surface area contributed by atoms with Crippen molar-refractivity contribution in [1.29, 1.82) is 0 Å². The zero-order valence-corrected chi connectivity index (χ0v) is 13.7. The normalized spacial score (nSPS) is 15.1. The van der Waals surface area contributed by atoms with Crippen molar-refractivity contribution in [2.24, 2.45) is 0 Å². The van der Waals surface area contributed by atoms with Gasteiger partial charge in [-0.3, -0.25) is 0 Å². The molecule has 4 aromatic heterocycles. The number of thiophene rings is 1. The molecule has 0 amide bonds. The largest absolute Gasteiger partial charge is 0.260 e. The zero-order chi connectivity index (χ0) is 14.7. The van der Waals surface area contributed by atoms with Gasteiger partial charge in [0.15, 0.2) is 10.8 Å². The summed E-state index contributed by atoms with van der Waals surface area (Å²) in [7, 11) is 0. The van der Waals surface area contributed by atoms with E-state index in [0.717, 1.165) is 28.8 Å². The predicted molar refractivity (Wildman–Crippen MR) is 88.0 cm³/mol. The molecule has 0 aromatic carbocycles. The van der Waals surface area contributed by atoms with E-state index in [-0.39, 0.29) is 0 Å². The number of aryl methyl sites for hydroxylation is 2. The lowest BCUT2D eigenvalue weighted by Crippen LogP contribution is -2.01. The van der Waals surface area contributed by atoms with E-state index in [1.54, 1.807) is 18.1 Å². The first-order valence-electron chi connectivity index (χ1n) is 7.52. The molecule has 4 aromatic rings. The molecule has 6 nitrogen and oxygen atoms in total. The van der Waals surface area contributed by atoms with Gasteiger partial charge in [-0.15, -0.1) is 21.5 Å². The van der Waals surface area contributed by atoms with Crippen LogP contribution in [0.5, 0.6) is 0 Å². The van der Waals surface area contributed by atoms with Crippen molar-refractivity contribution >= 4 is 44.7 Å². The topological polar surface area (TPSA) is 60.4 Å². The molecular weight excluding hydrogens is 316 g/mol. The van der Waals surface area contributed by atoms with Crippen LogP contribution in [-0.2, 0) is 12.8 Å². The van der Waals surface area contributed by atoms with Crippen molar-refractivity contribution in [2.75, 3.05) is 5.75 Å². The van der Waals surface area contributed by atoms with E-state index in [2.05, 4.69) is 31.6 Å². The molecule has 0 N–H and O–H groups in total. The predicted octanol–water partition coefficient (Wildman–Crippen LogP) is 2.98. The van der Waals surface area contributed by atoms with Gasteiger partial charge in [0.1, 0.15) is 11.2 Å². The van der Waals surface area contributed by atoms with Gasteiger partial charge in [-0.2, -0.15) is 9.61 Å². The second kappa shape index (κ2) is 4.66. The monoisotopic (exact) mass is 330 g/mol. The average molecular weight is 330 g/mol. The molecule has 0 saturated heterocycles. The van der Waals surface area contributed by atoms with Gasteiger partial charge in [0.25, 0.3) is 5.78 Å². The quantitative estimate of drug-likeness (QED) is 0.529. The van der Waals surface area contributed by atoms with Gasteiger partial charge in [0.2, 0.25) is 0 Å². The molecular formula is C14H14N6S2. The fraction of sp³-hybridized carbons (Fsp3) is 0.429. The number of aromatic nitrogens is 6. The second-order valence-electron chi connectivity index (χ2n) is 5.44. The number of hydrogen-bond acceptors (Lipinski definition) is 6. The molecule has 0 unspecified atom stereocenters. The molecule has 0 radical (unpaired) electrons. The van der Waals surface area contributed by atoms with Crippen LogP contribution in [0.4, 0.5) is 0 Å². The Morgan fingerprint density at radius 2 is 2.18 bits per heavy atom. The zero-order valence-electron chi connectivity index (χ0n) is 12.1. The molecule has 1 aliphatic carbocycles. The Bertz CT molecular complexity index is 1010. The summed E-state index contributed by atoms with van der Waals surface area (Å²) >= 11 is 3.60. The third-order valence-corrected chi connectivity index (χ3v) is 6.29. The maximum absolute atomic E-state index is 4.50. The van der Waals surface area contributed by atoms with Crippen LogP contribution in [0.25, 0.3) is 21.6 Å². The highest BCUT2D eigenvalue weighted by Crippen LogP contribution is 2.39. The number of hydrogen-bond donors (Lipinski definition) is 0. The standard InChI is InChI=1S/C14H14N6S2/c1-2-21-14-18-17-13-19(14)12-10(11-15-7-16-20(11)13)8-5-3-4-6-9(8)22-12/h7H,2-6H2,1H3. The molecule has 0 aliphatic heterocycles. The summed E-state index contributed by atoms with van der Waals surface area (Å²) < 4.78 is 3.99. The first kappa shape index (κ1) is 12.8. The summed E-state index contributed by atoms with van der Waals surface area (Å²) in [4.78, 5) is 7.23. The highest BCUT2D eigenvalue weighted by Gasteiger charge is 2.24. The Kier molecular flexibility index (Phi) is 2.72. The molecule has 0 bridgehead atoms. The summed E-state index contributed by atoms with van der Waals surface area (Å²) in [5.41, 5.74) is 2.38. The lowest BCUT2D eigenvalue weighted by Gasteiger charge is -2.10. The molecule has 22 heavy (non-hydrogen) atoms. The van der Waals surface area contributed by atoms with Crippen LogP contribution in [-0.4, -0.2) is 34.9 Å². The van der Waals surface area contributed by atoms with Gasteiger partial charge in [-0.1, -0.05) is 18.7 Å². The maximum atomic E-state index is 4.50. The van der Waals surface area contributed by atoms with Crippen LogP contribution in [0, 0.1) is 0 Å². The van der Waals surface area contributed by atoms with Crippen LogP contribution in [0.15, 0.2) is 11.5 Å². The summed E-state index contributed by atoms with van der Waals surface area (Å²) in [5, 5.41) is 15.3. The van der Waals surface area contributed by atoms with Crippen molar-refractivity contribution in [3.8, 4) is 0 Å². The second-order valence-corrected chi connectivity index (χ2v) is 7.75. The molecule has 1 aliphatic rings. The minimum atomic E-state index is 0.759. The Hall–Kier alpha value is -1.67. The molecule has 112 valence electrons. The Balaban J connectivity index is 2.03. The highest BCUT2D eigenvalue weighted by atomic mass is 32.2. The van der Waals surface area contributed by atoms with Crippen LogP contribution >= 0.6 is 23.1 Å². The molecule has 0 atom stereocenters. The van der Waals surface area contributed by atoms with Crippen LogP contribution in [0.3, 0.4) is 0 Å². The van der Waals surface area contributed by atoms with Crippen molar-refractivity contribution < 1.29 is 0 Å². The Morgan fingerprint density at radius 3 is 3.09 bits per heavy atom. The molecule has 0 saturated carbocycles. The minimum Gasteiger partial charge on any atom is -0.244 e. The van der Waals surface area contributed by atoms with Crippen LogP contribution < -0.4 is 0 Å². The van der Waals surface area contributed by atoms with E-state index < -0.39 is 0 Å². The first-order valence-corrected chi connectivity index (χ1v) is 9.32. The first-order chi connectivity index (χ1) is 10.9. The molecule has 5 rings (SSSR count). The summed E-state index contributed by atoms with van der Waals surface area (Å²) in [5.74, 6) is 1.73. The summed E-state index contributed by atoms with van der Waals surface area (Å²) in [6.45, 7) is 2.14. The van der Waals surface area contributed by atoms with Gasteiger partial charge >= 0.3 is 0 Å². The fourth-order valence-corrected chi connectivity index (χ4v) is 5.40. The minimum absolute atomic E-state index is 0.759.